The van der Waals surface area contributed by atoms with E-state index in [9.17, 15) is 29.1 Å². The summed E-state index contributed by atoms with van der Waals surface area (Å²) >= 11 is 0. The van der Waals surface area contributed by atoms with Gasteiger partial charge in [-0.1, -0.05) is 50.2 Å². The minimum atomic E-state index is -1.28. The molecule has 0 radical (unpaired) electrons. The number of H-pyrrole nitrogens is 2. The van der Waals surface area contributed by atoms with Crippen molar-refractivity contribution in [3.63, 3.8) is 0 Å². The van der Waals surface area contributed by atoms with Gasteiger partial charge in [-0.25, -0.2) is 4.79 Å². The minimum absolute atomic E-state index is 0.0183. The lowest BCUT2D eigenvalue weighted by Gasteiger charge is -2.26. The minimum Gasteiger partial charge on any atom is -0.480 e. The van der Waals surface area contributed by atoms with Gasteiger partial charge in [0.15, 0.2) is 0 Å². The second kappa shape index (κ2) is 14.5. The Morgan fingerprint density at radius 2 is 1.20 bits per heavy atom. The van der Waals surface area contributed by atoms with Crippen LogP contribution in [0.5, 0.6) is 0 Å². The predicted molar refractivity (Wildman–Crippen MR) is 169 cm³/mol. The largest absolute Gasteiger partial charge is 0.480 e. The molecular formula is C32H39N7O6. The predicted octanol–water partition coefficient (Wildman–Crippen LogP) is 1.22. The summed E-state index contributed by atoms with van der Waals surface area (Å²) in [6, 6.07) is 10.0. The van der Waals surface area contributed by atoms with Crippen molar-refractivity contribution < 1.29 is 29.1 Å². The topological polar surface area (TPSA) is 225 Å². The first-order valence-electron chi connectivity index (χ1n) is 14.7. The molecule has 0 fully saturated rings. The molecule has 0 saturated heterocycles. The van der Waals surface area contributed by atoms with E-state index in [2.05, 4.69) is 25.9 Å². The lowest BCUT2D eigenvalue weighted by Crippen LogP contribution is -2.58. The fraction of sp³-hybridized carbons (Fsp3) is 0.344. The van der Waals surface area contributed by atoms with Gasteiger partial charge in [0.05, 0.1) is 12.5 Å². The van der Waals surface area contributed by atoms with Crippen LogP contribution in [-0.2, 0) is 36.8 Å². The van der Waals surface area contributed by atoms with Crippen LogP contribution in [0.3, 0.4) is 0 Å². The summed E-state index contributed by atoms with van der Waals surface area (Å²) in [6.07, 6.45) is 3.27. The van der Waals surface area contributed by atoms with Crippen molar-refractivity contribution in [1.29, 1.82) is 0 Å². The zero-order valence-electron chi connectivity index (χ0n) is 25.1. The van der Waals surface area contributed by atoms with Gasteiger partial charge in [0.2, 0.25) is 23.6 Å². The number of hydrogen-bond donors (Lipinski definition) is 8. The van der Waals surface area contributed by atoms with Gasteiger partial charge in [0.1, 0.15) is 18.1 Å². The van der Waals surface area contributed by atoms with Gasteiger partial charge in [0, 0.05) is 47.0 Å². The maximum atomic E-state index is 13.7. The molecule has 0 bridgehead atoms. The molecule has 0 spiro atoms. The number of aliphatic carboxylic acids is 1. The van der Waals surface area contributed by atoms with Crippen molar-refractivity contribution in [2.24, 2.45) is 17.4 Å². The van der Waals surface area contributed by atoms with Crippen molar-refractivity contribution in [2.75, 3.05) is 0 Å². The molecule has 45 heavy (non-hydrogen) atoms. The number of nitrogens with two attached hydrogens (primary N) is 2. The molecule has 4 atom stereocenters. The Morgan fingerprint density at radius 3 is 1.71 bits per heavy atom. The van der Waals surface area contributed by atoms with Gasteiger partial charge in [-0.3, -0.25) is 19.2 Å². The first-order chi connectivity index (χ1) is 21.4. The van der Waals surface area contributed by atoms with Gasteiger partial charge in [0.25, 0.3) is 0 Å². The van der Waals surface area contributed by atoms with Crippen LogP contribution >= 0.6 is 0 Å². The molecule has 4 amide bonds. The first-order valence-corrected chi connectivity index (χ1v) is 14.7. The smallest absolute Gasteiger partial charge is 0.326 e. The quantitative estimate of drug-likeness (QED) is 0.0972. The number of aromatic nitrogens is 2. The highest BCUT2D eigenvalue weighted by molar-refractivity contribution is 5.96. The number of amides is 4. The number of hydrogen-bond acceptors (Lipinski definition) is 6. The Balaban J connectivity index is 1.54. The van der Waals surface area contributed by atoms with Gasteiger partial charge < -0.3 is 42.5 Å². The molecule has 4 unspecified atom stereocenters. The molecule has 2 heterocycles. The average Bonchev–Trinajstić information content (AvgIpc) is 3.59. The molecule has 0 aliphatic rings. The Morgan fingerprint density at radius 1 is 0.733 bits per heavy atom. The lowest BCUT2D eigenvalue weighted by atomic mass is 9.99. The van der Waals surface area contributed by atoms with E-state index < -0.39 is 60.2 Å². The molecule has 2 aromatic heterocycles. The number of para-hydroxylation sites is 2. The zero-order valence-corrected chi connectivity index (χ0v) is 25.1. The Labute approximate surface area is 259 Å². The van der Waals surface area contributed by atoms with Gasteiger partial charge >= 0.3 is 5.97 Å². The van der Waals surface area contributed by atoms with Crippen LogP contribution in [0.15, 0.2) is 60.9 Å². The van der Waals surface area contributed by atoms with E-state index in [0.29, 0.717) is 0 Å². The van der Waals surface area contributed by atoms with Crippen molar-refractivity contribution in [1.82, 2.24) is 25.9 Å². The fourth-order valence-electron chi connectivity index (χ4n) is 5.29. The van der Waals surface area contributed by atoms with E-state index >= 15 is 0 Å². The standard InChI is InChI=1S/C32H39N7O6/c1-17(2)11-25(30(42)39-27(32(44)45)13-19-16-36-24-10-6-4-8-21(19)24)38-31(43)26(37-29(41)22(33)14-28(34)40)12-18-15-35-23-9-5-3-7-20(18)23/h3-10,15-17,22,25-27,35-36H,11-14,33H2,1-2H3,(H2,34,40)(H,37,41)(H,38,43)(H,39,42)(H,44,45). The fourth-order valence-corrected chi connectivity index (χ4v) is 5.29. The van der Waals surface area contributed by atoms with Crippen LogP contribution in [-0.4, -0.2) is 68.8 Å². The van der Waals surface area contributed by atoms with Crippen LogP contribution in [0.25, 0.3) is 21.8 Å². The summed E-state index contributed by atoms with van der Waals surface area (Å²) in [6.45, 7) is 3.72. The summed E-state index contributed by atoms with van der Waals surface area (Å²) in [5.41, 5.74) is 14.2. The van der Waals surface area contributed by atoms with Crippen LogP contribution < -0.4 is 27.4 Å². The molecular weight excluding hydrogens is 578 g/mol. The van der Waals surface area contributed by atoms with Gasteiger partial charge in [-0.2, -0.15) is 0 Å². The molecule has 0 saturated carbocycles. The lowest BCUT2D eigenvalue weighted by molar-refractivity contribution is -0.142. The number of primary amides is 1. The maximum Gasteiger partial charge on any atom is 0.326 e. The van der Waals surface area contributed by atoms with Crippen LogP contribution in [0, 0.1) is 5.92 Å². The monoisotopic (exact) mass is 617 g/mol. The van der Waals surface area contributed by atoms with Gasteiger partial charge in [-0.05, 0) is 35.6 Å². The highest BCUT2D eigenvalue weighted by Gasteiger charge is 2.32. The number of fused-ring (bicyclic) bond motifs is 2. The summed E-state index contributed by atoms with van der Waals surface area (Å²) in [7, 11) is 0. The number of carboxylic acid groups (broad SMARTS) is 1. The van der Waals surface area contributed by atoms with E-state index in [4.69, 9.17) is 11.5 Å². The molecule has 0 aliphatic heterocycles. The summed E-state index contributed by atoms with van der Waals surface area (Å²) in [5, 5.41) is 19.6. The third-order valence-electron chi connectivity index (χ3n) is 7.54. The highest BCUT2D eigenvalue weighted by atomic mass is 16.4. The van der Waals surface area contributed by atoms with E-state index in [1.807, 2.05) is 62.4 Å². The molecule has 2 aromatic carbocycles. The molecule has 4 aromatic rings. The SMILES string of the molecule is CC(C)CC(NC(=O)C(Cc1c[nH]c2ccccc12)NC(=O)C(N)CC(N)=O)C(=O)NC(Cc1c[nH]c2ccccc12)C(=O)O. The number of nitrogens with one attached hydrogen (secondary N) is 5. The normalized spacial score (nSPS) is 14.0. The summed E-state index contributed by atoms with van der Waals surface area (Å²) < 4.78 is 0. The van der Waals surface area contributed by atoms with E-state index in [-0.39, 0.29) is 25.2 Å². The number of carbonyl (C=O) groups is 5. The number of rotatable bonds is 15. The average molecular weight is 618 g/mol. The second-order valence-electron chi connectivity index (χ2n) is 11.6. The number of aromatic amines is 2. The van der Waals surface area contributed by atoms with Crippen LogP contribution in [0.4, 0.5) is 0 Å². The number of carbonyl (C=O) groups excluding carboxylic acids is 4. The van der Waals surface area contributed by atoms with E-state index in [1.54, 1.807) is 12.4 Å². The Hall–Kier alpha value is -5.17. The zero-order chi connectivity index (χ0) is 32.7. The Kier molecular flexibility index (Phi) is 10.6. The maximum absolute atomic E-state index is 13.7. The van der Waals surface area contributed by atoms with Crippen LogP contribution in [0.2, 0.25) is 0 Å². The number of benzene rings is 2. The highest BCUT2D eigenvalue weighted by Crippen LogP contribution is 2.21. The molecule has 13 nitrogen and oxygen atoms in total. The van der Waals surface area contributed by atoms with E-state index in [1.165, 1.54) is 0 Å². The number of carboxylic acids is 1. The van der Waals surface area contributed by atoms with E-state index in [0.717, 1.165) is 32.9 Å². The Bertz CT molecular complexity index is 1690. The second-order valence-corrected chi connectivity index (χ2v) is 11.6. The van der Waals surface area contributed by atoms with Crippen molar-refractivity contribution in [2.45, 2.75) is 63.7 Å². The van der Waals surface area contributed by atoms with Crippen molar-refractivity contribution >= 4 is 51.4 Å². The molecule has 238 valence electrons. The summed E-state index contributed by atoms with van der Waals surface area (Å²) in [4.78, 5) is 69.9. The molecule has 10 N–H and O–H groups in total. The van der Waals surface area contributed by atoms with Crippen molar-refractivity contribution in [3.05, 3.63) is 72.1 Å². The first kappa shape index (κ1) is 32.7. The van der Waals surface area contributed by atoms with Crippen LogP contribution in [0.1, 0.15) is 37.8 Å². The summed E-state index contributed by atoms with van der Waals surface area (Å²) in [5.74, 6) is -4.16. The molecule has 13 heteroatoms. The molecule has 4 rings (SSSR count). The van der Waals surface area contributed by atoms with Crippen molar-refractivity contribution in [3.8, 4) is 0 Å². The van der Waals surface area contributed by atoms with Gasteiger partial charge in [-0.15, -0.1) is 0 Å². The third-order valence-corrected chi connectivity index (χ3v) is 7.54. The third kappa shape index (κ3) is 8.48. The molecule has 0 aliphatic carbocycles.